The van der Waals surface area contributed by atoms with E-state index < -0.39 is 17.4 Å². The topological polar surface area (TPSA) is 60.2 Å². The van der Waals surface area contributed by atoms with E-state index in [0.717, 1.165) is 5.56 Å². The first-order chi connectivity index (χ1) is 6.97. The summed E-state index contributed by atoms with van der Waals surface area (Å²) in [5.41, 5.74) is 0.945. The fourth-order valence-corrected chi connectivity index (χ4v) is 1.25. The molecule has 0 amide bonds. The number of rotatable bonds is 3. The quantitative estimate of drug-likeness (QED) is 0.438. The highest BCUT2D eigenvalue weighted by Gasteiger charge is 2.20. The van der Waals surface area contributed by atoms with Gasteiger partial charge in [-0.15, -0.1) is 0 Å². The fraction of sp³-hybridized carbons (Fsp3) is 0.300. The van der Waals surface area contributed by atoms with Crippen molar-refractivity contribution in [3.8, 4) is 0 Å². The van der Waals surface area contributed by atoms with Gasteiger partial charge in [0.2, 0.25) is 5.78 Å². The molecule has 0 heterocycles. The molecule has 5 heteroatoms. The number of ketones is 1. The van der Waals surface area contributed by atoms with Crippen LogP contribution in [-0.2, 0) is 0 Å². The minimum Gasteiger partial charge on any atom is -0.291 e. The SMILES string of the molecule is Cc1cc(C(=O)CF)c([N+](=O)[O-])cc1C. The van der Waals surface area contributed by atoms with Gasteiger partial charge in [0.25, 0.3) is 5.69 Å². The van der Waals surface area contributed by atoms with Crippen LogP contribution in [0.1, 0.15) is 21.5 Å². The summed E-state index contributed by atoms with van der Waals surface area (Å²) >= 11 is 0. The third-order valence-corrected chi connectivity index (χ3v) is 2.23. The molecule has 4 nitrogen and oxygen atoms in total. The van der Waals surface area contributed by atoms with Crippen molar-refractivity contribution < 1.29 is 14.1 Å². The molecule has 0 fully saturated rings. The van der Waals surface area contributed by atoms with Crippen molar-refractivity contribution in [3.63, 3.8) is 0 Å². The molecule has 1 aromatic carbocycles. The lowest BCUT2D eigenvalue weighted by Crippen LogP contribution is -2.06. The summed E-state index contributed by atoms with van der Waals surface area (Å²) in [4.78, 5) is 21.1. The summed E-state index contributed by atoms with van der Waals surface area (Å²) in [6, 6.07) is 2.65. The van der Waals surface area contributed by atoms with Crippen LogP contribution < -0.4 is 0 Å². The second-order valence-corrected chi connectivity index (χ2v) is 3.27. The highest BCUT2D eigenvalue weighted by atomic mass is 19.1. The van der Waals surface area contributed by atoms with Gasteiger partial charge in [-0.2, -0.15) is 0 Å². The third kappa shape index (κ3) is 2.18. The smallest absolute Gasteiger partial charge is 0.280 e. The van der Waals surface area contributed by atoms with E-state index in [1.807, 2.05) is 0 Å². The molecule has 0 spiro atoms. The number of nitro benzene ring substituents is 1. The molecule has 0 aromatic heterocycles. The first kappa shape index (κ1) is 11.3. The summed E-state index contributed by atoms with van der Waals surface area (Å²) in [6.07, 6.45) is 0. The molecule has 0 radical (unpaired) electrons. The molecular formula is C10H10FNO3. The number of Topliss-reactive ketones (excluding diaryl/α,β-unsaturated/α-hetero) is 1. The normalized spacial score (nSPS) is 10.1. The maximum Gasteiger partial charge on any atom is 0.280 e. The van der Waals surface area contributed by atoms with Gasteiger partial charge < -0.3 is 0 Å². The number of alkyl halides is 1. The van der Waals surface area contributed by atoms with Crippen molar-refractivity contribution in [1.29, 1.82) is 0 Å². The highest BCUT2D eigenvalue weighted by molar-refractivity contribution is 6.01. The van der Waals surface area contributed by atoms with Crippen molar-refractivity contribution in [2.75, 3.05) is 6.67 Å². The molecule has 80 valence electrons. The van der Waals surface area contributed by atoms with E-state index in [1.165, 1.54) is 12.1 Å². The Bertz CT molecular complexity index is 429. The van der Waals surface area contributed by atoms with E-state index in [-0.39, 0.29) is 11.3 Å². The van der Waals surface area contributed by atoms with Crippen LogP contribution in [0.25, 0.3) is 0 Å². The molecule has 1 rings (SSSR count). The summed E-state index contributed by atoms with van der Waals surface area (Å²) in [5, 5.41) is 10.6. The van der Waals surface area contributed by atoms with Gasteiger partial charge in [0.1, 0.15) is 0 Å². The van der Waals surface area contributed by atoms with Gasteiger partial charge in [-0.25, -0.2) is 4.39 Å². The largest absolute Gasteiger partial charge is 0.291 e. The Morgan fingerprint density at radius 1 is 1.40 bits per heavy atom. The lowest BCUT2D eigenvalue weighted by Gasteiger charge is -2.04. The zero-order valence-electron chi connectivity index (χ0n) is 8.41. The standard InChI is InChI=1S/C10H10FNO3/c1-6-3-8(10(13)5-11)9(12(14)15)4-7(6)2/h3-4H,5H2,1-2H3. The molecule has 0 bridgehead atoms. The molecule has 0 saturated heterocycles. The second-order valence-electron chi connectivity index (χ2n) is 3.27. The Labute approximate surface area is 85.9 Å². The lowest BCUT2D eigenvalue weighted by atomic mass is 10.0. The molecule has 0 atom stereocenters. The average Bonchev–Trinajstić information content (AvgIpc) is 2.20. The minimum atomic E-state index is -1.22. The molecule has 0 N–H and O–H groups in total. The van der Waals surface area contributed by atoms with Crippen LogP contribution in [-0.4, -0.2) is 17.4 Å². The van der Waals surface area contributed by atoms with Crippen LogP contribution in [0.4, 0.5) is 10.1 Å². The Kier molecular flexibility index (Phi) is 3.14. The third-order valence-electron chi connectivity index (χ3n) is 2.23. The predicted octanol–water partition coefficient (Wildman–Crippen LogP) is 2.36. The van der Waals surface area contributed by atoms with E-state index in [0.29, 0.717) is 5.56 Å². The number of carbonyl (C=O) groups is 1. The molecule has 1 aromatic rings. The molecule has 15 heavy (non-hydrogen) atoms. The van der Waals surface area contributed by atoms with E-state index in [2.05, 4.69) is 0 Å². The van der Waals surface area contributed by atoms with Gasteiger partial charge >= 0.3 is 0 Å². The van der Waals surface area contributed by atoms with Gasteiger partial charge in [-0.3, -0.25) is 14.9 Å². The maximum absolute atomic E-state index is 12.2. The van der Waals surface area contributed by atoms with E-state index in [1.54, 1.807) is 13.8 Å². The Balaban J connectivity index is 3.41. The molecule has 0 aliphatic carbocycles. The van der Waals surface area contributed by atoms with Crippen molar-refractivity contribution in [3.05, 3.63) is 38.9 Å². The molecule has 0 unspecified atom stereocenters. The number of nitrogens with zero attached hydrogens (tertiary/aromatic N) is 1. The summed E-state index contributed by atoms with van der Waals surface area (Å²) in [6.45, 7) is 2.20. The van der Waals surface area contributed by atoms with Crippen LogP contribution in [0.5, 0.6) is 0 Å². The predicted molar refractivity (Wildman–Crippen MR) is 52.9 cm³/mol. The van der Waals surface area contributed by atoms with Crippen LogP contribution in [0.3, 0.4) is 0 Å². The number of aryl methyl sites for hydroxylation is 2. The van der Waals surface area contributed by atoms with Crippen LogP contribution in [0.15, 0.2) is 12.1 Å². The monoisotopic (exact) mass is 211 g/mol. The second kappa shape index (κ2) is 4.16. The number of hydrogen-bond donors (Lipinski definition) is 0. The van der Waals surface area contributed by atoms with E-state index in [4.69, 9.17) is 0 Å². The maximum atomic E-state index is 12.2. The fourth-order valence-electron chi connectivity index (χ4n) is 1.25. The Hall–Kier alpha value is -1.78. The van der Waals surface area contributed by atoms with Gasteiger partial charge in [0, 0.05) is 6.07 Å². The first-order valence-electron chi connectivity index (χ1n) is 4.32. The van der Waals surface area contributed by atoms with E-state index >= 15 is 0 Å². The Morgan fingerprint density at radius 3 is 2.40 bits per heavy atom. The van der Waals surface area contributed by atoms with Crippen LogP contribution in [0.2, 0.25) is 0 Å². The summed E-state index contributed by atoms with van der Waals surface area (Å²) in [5.74, 6) is -0.857. The zero-order valence-corrected chi connectivity index (χ0v) is 8.41. The number of carbonyl (C=O) groups excluding carboxylic acids is 1. The lowest BCUT2D eigenvalue weighted by molar-refractivity contribution is -0.385. The van der Waals surface area contributed by atoms with Crippen molar-refractivity contribution in [1.82, 2.24) is 0 Å². The average molecular weight is 211 g/mol. The minimum absolute atomic E-state index is 0.161. The van der Waals surface area contributed by atoms with Crippen LogP contribution >= 0.6 is 0 Å². The van der Waals surface area contributed by atoms with Crippen molar-refractivity contribution in [2.45, 2.75) is 13.8 Å². The van der Waals surface area contributed by atoms with Gasteiger partial charge in [-0.05, 0) is 31.0 Å². The molecular weight excluding hydrogens is 201 g/mol. The number of nitro groups is 1. The van der Waals surface area contributed by atoms with Gasteiger partial charge in [0.15, 0.2) is 6.67 Å². The number of halogens is 1. The zero-order chi connectivity index (χ0) is 11.6. The summed E-state index contributed by atoms with van der Waals surface area (Å²) < 4.78 is 12.2. The number of benzene rings is 1. The van der Waals surface area contributed by atoms with Crippen molar-refractivity contribution >= 4 is 11.5 Å². The molecule has 0 aliphatic rings. The Morgan fingerprint density at radius 2 is 1.93 bits per heavy atom. The molecule has 0 saturated carbocycles. The highest BCUT2D eigenvalue weighted by Crippen LogP contribution is 2.23. The van der Waals surface area contributed by atoms with E-state index in [9.17, 15) is 19.3 Å². The first-order valence-corrected chi connectivity index (χ1v) is 4.32. The summed E-state index contributed by atoms with van der Waals surface area (Å²) in [7, 11) is 0. The van der Waals surface area contributed by atoms with Gasteiger partial charge in [-0.1, -0.05) is 0 Å². The van der Waals surface area contributed by atoms with Gasteiger partial charge in [0.05, 0.1) is 10.5 Å². The number of hydrogen-bond acceptors (Lipinski definition) is 3. The van der Waals surface area contributed by atoms with Crippen molar-refractivity contribution in [2.24, 2.45) is 0 Å². The van der Waals surface area contributed by atoms with Crippen LogP contribution in [0, 0.1) is 24.0 Å². The molecule has 0 aliphatic heterocycles.